The quantitative estimate of drug-likeness (QED) is 0.877. The summed E-state index contributed by atoms with van der Waals surface area (Å²) in [6.45, 7) is 0.287. The summed E-state index contributed by atoms with van der Waals surface area (Å²) in [6, 6.07) is 1.61. The second-order valence-electron chi connectivity index (χ2n) is 5.91. The molecule has 4 nitrogen and oxygen atoms in total. The van der Waals surface area contributed by atoms with Crippen LogP contribution in [0.25, 0.3) is 0 Å². The van der Waals surface area contributed by atoms with Gasteiger partial charge in [-0.1, -0.05) is 0 Å². The highest BCUT2D eigenvalue weighted by Crippen LogP contribution is 2.59. The van der Waals surface area contributed by atoms with Crippen molar-refractivity contribution in [3.8, 4) is 5.88 Å². The van der Waals surface area contributed by atoms with Crippen molar-refractivity contribution in [1.82, 2.24) is 9.97 Å². The van der Waals surface area contributed by atoms with Gasteiger partial charge in [-0.2, -0.15) is 18.2 Å². The SMILES string of the molecule is NCc1cc(OCCC2(C(F)(F)F)CC2)nc(C2CC2)n1. The number of halogens is 3. The largest absolute Gasteiger partial charge is 0.478 e. The number of aromatic nitrogens is 2. The summed E-state index contributed by atoms with van der Waals surface area (Å²) in [5.41, 5.74) is 4.71. The Labute approximate surface area is 120 Å². The Balaban J connectivity index is 1.61. The second kappa shape index (κ2) is 5.12. The lowest BCUT2D eigenvalue weighted by Gasteiger charge is -2.19. The van der Waals surface area contributed by atoms with E-state index in [9.17, 15) is 13.2 Å². The molecule has 0 atom stereocenters. The number of nitrogens with two attached hydrogens (primary N) is 1. The summed E-state index contributed by atoms with van der Waals surface area (Å²) in [7, 11) is 0. The predicted octanol–water partition coefficient (Wildman–Crippen LogP) is 2.92. The first-order valence-electron chi connectivity index (χ1n) is 7.21. The van der Waals surface area contributed by atoms with Crippen LogP contribution in [0.2, 0.25) is 0 Å². The highest BCUT2D eigenvalue weighted by atomic mass is 19.4. The molecule has 0 spiro atoms. The molecule has 2 fully saturated rings. The molecule has 7 heteroatoms. The van der Waals surface area contributed by atoms with Gasteiger partial charge in [0, 0.05) is 18.5 Å². The highest BCUT2D eigenvalue weighted by Gasteiger charge is 2.62. The van der Waals surface area contributed by atoms with Crippen LogP contribution in [0, 0.1) is 5.41 Å². The Morgan fingerprint density at radius 3 is 2.52 bits per heavy atom. The summed E-state index contributed by atoms with van der Waals surface area (Å²) < 4.78 is 43.9. The van der Waals surface area contributed by atoms with Crippen LogP contribution in [-0.2, 0) is 6.54 Å². The van der Waals surface area contributed by atoms with Gasteiger partial charge in [0.25, 0.3) is 0 Å². The van der Waals surface area contributed by atoms with E-state index in [0.717, 1.165) is 12.8 Å². The van der Waals surface area contributed by atoms with Gasteiger partial charge in [0.1, 0.15) is 5.82 Å². The molecule has 1 heterocycles. The van der Waals surface area contributed by atoms with Gasteiger partial charge < -0.3 is 10.5 Å². The molecule has 0 radical (unpaired) electrons. The van der Waals surface area contributed by atoms with Gasteiger partial charge in [0.15, 0.2) is 0 Å². The van der Waals surface area contributed by atoms with E-state index in [2.05, 4.69) is 9.97 Å². The van der Waals surface area contributed by atoms with Crippen LogP contribution >= 0.6 is 0 Å². The number of ether oxygens (including phenoxy) is 1. The first-order valence-corrected chi connectivity index (χ1v) is 7.21. The Bertz CT molecular complexity index is 525. The molecule has 0 amide bonds. The zero-order valence-electron chi connectivity index (χ0n) is 11.6. The minimum absolute atomic E-state index is 0.0166. The van der Waals surface area contributed by atoms with Gasteiger partial charge >= 0.3 is 6.18 Å². The molecule has 2 aliphatic carbocycles. The number of nitrogens with zero attached hydrogens (tertiary/aromatic N) is 2. The molecule has 1 aromatic heterocycles. The Morgan fingerprint density at radius 1 is 1.29 bits per heavy atom. The third-order valence-electron chi connectivity index (χ3n) is 4.21. The van der Waals surface area contributed by atoms with Crippen LogP contribution in [0.5, 0.6) is 5.88 Å². The molecule has 21 heavy (non-hydrogen) atoms. The molecule has 116 valence electrons. The summed E-state index contributed by atoms with van der Waals surface area (Å²) in [5.74, 6) is 1.39. The van der Waals surface area contributed by atoms with Gasteiger partial charge in [-0.15, -0.1) is 0 Å². The summed E-state index contributed by atoms with van der Waals surface area (Å²) >= 11 is 0. The van der Waals surface area contributed by atoms with E-state index < -0.39 is 11.6 Å². The lowest BCUT2D eigenvalue weighted by atomic mass is 10.0. The van der Waals surface area contributed by atoms with Crippen LogP contribution in [0.15, 0.2) is 6.07 Å². The standard InChI is InChI=1S/C14H18F3N3O/c15-14(16,17)13(3-4-13)5-6-21-11-7-10(8-18)19-12(20-11)9-1-2-9/h7,9H,1-6,8,18H2. The molecule has 2 N–H and O–H groups in total. The third kappa shape index (κ3) is 3.12. The van der Waals surface area contributed by atoms with Crippen LogP contribution < -0.4 is 10.5 Å². The van der Waals surface area contributed by atoms with E-state index >= 15 is 0 Å². The Hall–Kier alpha value is -1.37. The van der Waals surface area contributed by atoms with Gasteiger partial charge in [0.2, 0.25) is 5.88 Å². The molecule has 0 aromatic carbocycles. The minimum Gasteiger partial charge on any atom is -0.478 e. The predicted molar refractivity (Wildman–Crippen MR) is 69.7 cm³/mol. The van der Waals surface area contributed by atoms with Crippen molar-refractivity contribution in [2.45, 2.75) is 50.7 Å². The molecule has 0 saturated heterocycles. The third-order valence-corrected chi connectivity index (χ3v) is 4.21. The molecule has 2 aliphatic rings. The second-order valence-corrected chi connectivity index (χ2v) is 5.91. The normalized spacial score (nSPS) is 20.4. The number of hydrogen-bond donors (Lipinski definition) is 1. The van der Waals surface area contributed by atoms with E-state index in [-0.39, 0.29) is 32.4 Å². The van der Waals surface area contributed by atoms with Gasteiger partial charge in [-0.05, 0) is 32.1 Å². The molecule has 0 unspecified atom stereocenters. The maximum Gasteiger partial charge on any atom is 0.394 e. The molecule has 0 aliphatic heterocycles. The maximum absolute atomic E-state index is 12.8. The van der Waals surface area contributed by atoms with Crippen LogP contribution in [-0.4, -0.2) is 22.8 Å². The van der Waals surface area contributed by atoms with E-state index in [0.29, 0.717) is 23.3 Å². The first-order chi connectivity index (χ1) is 9.93. The molecular formula is C14H18F3N3O. The fraction of sp³-hybridized carbons (Fsp3) is 0.714. The fourth-order valence-corrected chi connectivity index (χ4v) is 2.37. The van der Waals surface area contributed by atoms with E-state index in [1.807, 2.05) is 0 Å². The van der Waals surface area contributed by atoms with Crippen molar-refractivity contribution < 1.29 is 17.9 Å². The number of alkyl halides is 3. The van der Waals surface area contributed by atoms with Crippen molar-refractivity contribution in [2.24, 2.45) is 11.1 Å². The smallest absolute Gasteiger partial charge is 0.394 e. The van der Waals surface area contributed by atoms with Gasteiger partial charge in [0.05, 0.1) is 17.7 Å². The average molecular weight is 301 g/mol. The van der Waals surface area contributed by atoms with E-state index in [1.54, 1.807) is 6.07 Å². The van der Waals surface area contributed by atoms with Crippen molar-refractivity contribution in [1.29, 1.82) is 0 Å². The van der Waals surface area contributed by atoms with E-state index in [4.69, 9.17) is 10.5 Å². The highest BCUT2D eigenvalue weighted by molar-refractivity contribution is 5.20. The topological polar surface area (TPSA) is 61.0 Å². The molecule has 1 aromatic rings. The Kier molecular flexibility index (Phi) is 3.55. The van der Waals surface area contributed by atoms with Gasteiger partial charge in [-0.25, -0.2) is 4.98 Å². The average Bonchev–Trinajstić information content (AvgIpc) is 3.29. The molecule has 0 bridgehead atoms. The first kappa shape index (κ1) is 14.6. The fourth-order valence-electron chi connectivity index (χ4n) is 2.37. The number of hydrogen-bond acceptors (Lipinski definition) is 4. The van der Waals surface area contributed by atoms with Crippen LogP contribution in [0.1, 0.15) is 49.5 Å². The summed E-state index contributed by atoms with van der Waals surface area (Å²) in [6.07, 6.45) is -1.66. The number of rotatable bonds is 6. The monoisotopic (exact) mass is 301 g/mol. The van der Waals surface area contributed by atoms with Crippen molar-refractivity contribution >= 4 is 0 Å². The van der Waals surface area contributed by atoms with Crippen molar-refractivity contribution in [3.63, 3.8) is 0 Å². The van der Waals surface area contributed by atoms with Crippen molar-refractivity contribution in [3.05, 3.63) is 17.6 Å². The molecule has 3 rings (SSSR count). The minimum atomic E-state index is -4.14. The lowest BCUT2D eigenvalue weighted by molar-refractivity contribution is -0.190. The molecule has 2 saturated carbocycles. The lowest BCUT2D eigenvalue weighted by Crippen LogP contribution is -2.26. The summed E-state index contributed by atoms with van der Waals surface area (Å²) in [4.78, 5) is 8.60. The van der Waals surface area contributed by atoms with Crippen molar-refractivity contribution in [2.75, 3.05) is 6.61 Å². The van der Waals surface area contributed by atoms with Gasteiger partial charge in [-0.3, -0.25) is 0 Å². The summed E-state index contributed by atoms with van der Waals surface area (Å²) in [5, 5.41) is 0. The zero-order valence-corrected chi connectivity index (χ0v) is 11.6. The zero-order chi connectivity index (χ0) is 15.1. The van der Waals surface area contributed by atoms with Crippen LogP contribution in [0.3, 0.4) is 0 Å². The van der Waals surface area contributed by atoms with Crippen LogP contribution in [0.4, 0.5) is 13.2 Å². The Morgan fingerprint density at radius 2 is 2.00 bits per heavy atom. The molecular weight excluding hydrogens is 283 g/mol. The maximum atomic E-state index is 12.8. The van der Waals surface area contributed by atoms with E-state index in [1.165, 1.54) is 0 Å².